The second kappa shape index (κ2) is 9.22. The summed E-state index contributed by atoms with van der Waals surface area (Å²) in [4.78, 5) is 27.0. The molecule has 1 amide bonds. The van der Waals surface area contributed by atoms with E-state index in [0.717, 1.165) is 0 Å². The minimum Gasteiger partial charge on any atom is -0.493 e. The number of amides is 1. The lowest BCUT2D eigenvalue weighted by molar-refractivity contribution is -0.122. The van der Waals surface area contributed by atoms with E-state index < -0.39 is 23.6 Å². The van der Waals surface area contributed by atoms with Gasteiger partial charge in [-0.2, -0.15) is 0 Å². The van der Waals surface area contributed by atoms with E-state index in [0.29, 0.717) is 56.7 Å². The Labute approximate surface area is 216 Å². The summed E-state index contributed by atoms with van der Waals surface area (Å²) < 4.78 is 39.0. The van der Waals surface area contributed by atoms with Crippen molar-refractivity contribution in [2.45, 2.75) is 12.0 Å². The lowest BCUT2D eigenvalue weighted by Crippen LogP contribution is -2.35. The molecule has 0 bridgehead atoms. The molecule has 6 rings (SSSR count). The van der Waals surface area contributed by atoms with Crippen LogP contribution in [0.3, 0.4) is 0 Å². The van der Waals surface area contributed by atoms with Crippen molar-refractivity contribution >= 4 is 22.6 Å². The minimum absolute atomic E-state index is 0.0916. The molecule has 10 nitrogen and oxygen atoms in total. The van der Waals surface area contributed by atoms with E-state index in [2.05, 4.69) is 5.32 Å². The molecule has 2 aliphatic heterocycles. The van der Waals surface area contributed by atoms with Crippen LogP contribution >= 0.6 is 0 Å². The van der Waals surface area contributed by atoms with Gasteiger partial charge < -0.3 is 38.2 Å². The Morgan fingerprint density at radius 2 is 1.66 bits per heavy atom. The van der Waals surface area contributed by atoms with Crippen molar-refractivity contribution in [1.29, 1.82) is 0 Å². The van der Waals surface area contributed by atoms with Crippen molar-refractivity contribution in [3.05, 3.63) is 76.1 Å². The molecule has 0 saturated carbocycles. The minimum atomic E-state index is -1.10. The standard InChI is InChI=1S/C28H23NO9/c1-32-20-11-15(12-21(33-2)25(20)34-3)29-27(30)26-22(14-8-9-18-19(10-14)36-13-35-18)23-24(38-26)16-6-4-5-7-17(16)37-28(23)31/h4-12,22,26H,13H2,1-3H3,(H,29,30)/t22-,26-/m0/s1. The Morgan fingerprint density at radius 3 is 2.39 bits per heavy atom. The summed E-state index contributed by atoms with van der Waals surface area (Å²) in [6.45, 7) is 0.0916. The number of carbonyl (C=O) groups excluding carboxylic acids is 1. The fourth-order valence-corrected chi connectivity index (χ4v) is 4.90. The van der Waals surface area contributed by atoms with Crippen molar-refractivity contribution in [2.75, 3.05) is 33.4 Å². The molecule has 2 aliphatic rings. The highest BCUT2D eigenvalue weighted by Crippen LogP contribution is 2.47. The highest BCUT2D eigenvalue weighted by Gasteiger charge is 2.44. The average molecular weight is 517 g/mol. The zero-order chi connectivity index (χ0) is 26.4. The van der Waals surface area contributed by atoms with E-state index in [9.17, 15) is 9.59 Å². The van der Waals surface area contributed by atoms with Crippen molar-refractivity contribution in [3.8, 4) is 34.5 Å². The van der Waals surface area contributed by atoms with Crippen molar-refractivity contribution < 1.29 is 37.6 Å². The van der Waals surface area contributed by atoms with E-state index in [1.54, 1.807) is 48.5 Å². The Morgan fingerprint density at radius 1 is 0.921 bits per heavy atom. The molecule has 0 fully saturated rings. The summed E-state index contributed by atoms with van der Waals surface area (Å²) in [5.41, 5.74) is 1.08. The van der Waals surface area contributed by atoms with Crippen LogP contribution in [0.2, 0.25) is 0 Å². The molecule has 1 N–H and O–H groups in total. The summed E-state index contributed by atoms with van der Waals surface area (Å²) in [6, 6.07) is 15.5. The first-order valence-corrected chi connectivity index (χ1v) is 11.7. The highest BCUT2D eigenvalue weighted by molar-refractivity contribution is 5.98. The number of rotatable bonds is 6. The quantitative estimate of drug-likeness (QED) is 0.378. The molecule has 2 atom stereocenters. The van der Waals surface area contributed by atoms with Crippen LogP contribution in [-0.2, 0) is 4.79 Å². The Hall–Kier alpha value is -4.86. The number of nitrogens with one attached hydrogen (secondary N) is 1. The molecule has 0 spiro atoms. The van der Waals surface area contributed by atoms with Gasteiger partial charge in [0.2, 0.25) is 12.5 Å². The predicted octanol–water partition coefficient (Wildman–Crippen LogP) is 4.08. The van der Waals surface area contributed by atoms with E-state index in [4.69, 9.17) is 32.8 Å². The van der Waals surface area contributed by atoms with Gasteiger partial charge in [0.05, 0.1) is 38.2 Å². The zero-order valence-electron chi connectivity index (χ0n) is 20.7. The molecular weight excluding hydrogens is 494 g/mol. The van der Waals surface area contributed by atoms with Crippen molar-refractivity contribution in [2.24, 2.45) is 0 Å². The molecule has 194 valence electrons. The normalized spacial score (nSPS) is 17.0. The van der Waals surface area contributed by atoms with Crippen LogP contribution in [0.15, 0.2) is 63.8 Å². The smallest absolute Gasteiger partial charge is 0.344 e. The average Bonchev–Trinajstić information content (AvgIpc) is 3.57. The summed E-state index contributed by atoms with van der Waals surface area (Å²) in [5, 5.41) is 3.46. The van der Waals surface area contributed by atoms with E-state index in [-0.39, 0.29) is 12.4 Å². The lowest BCUT2D eigenvalue weighted by Gasteiger charge is -2.20. The van der Waals surface area contributed by atoms with Gasteiger partial charge in [-0.15, -0.1) is 0 Å². The van der Waals surface area contributed by atoms with Crippen LogP contribution in [-0.4, -0.2) is 40.1 Å². The first-order valence-electron chi connectivity index (χ1n) is 11.7. The van der Waals surface area contributed by atoms with E-state index in [1.807, 2.05) is 6.07 Å². The van der Waals surface area contributed by atoms with Gasteiger partial charge in [-0.1, -0.05) is 18.2 Å². The maximum absolute atomic E-state index is 13.8. The molecule has 38 heavy (non-hydrogen) atoms. The molecule has 4 aromatic rings. The largest absolute Gasteiger partial charge is 0.493 e. The van der Waals surface area contributed by atoms with Crippen LogP contribution in [0.4, 0.5) is 5.69 Å². The number of ether oxygens (including phenoxy) is 6. The van der Waals surface area contributed by atoms with Gasteiger partial charge in [-0.05, 0) is 29.8 Å². The number of para-hydroxylation sites is 1. The third-order valence-corrected chi connectivity index (χ3v) is 6.60. The van der Waals surface area contributed by atoms with Gasteiger partial charge in [0, 0.05) is 17.8 Å². The highest BCUT2D eigenvalue weighted by atomic mass is 16.7. The molecule has 10 heteroatoms. The number of hydrogen-bond donors (Lipinski definition) is 1. The molecule has 3 heterocycles. The van der Waals surface area contributed by atoms with Crippen LogP contribution in [0.1, 0.15) is 17.0 Å². The number of hydrogen-bond acceptors (Lipinski definition) is 9. The topological polar surface area (TPSA) is 115 Å². The lowest BCUT2D eigenvalue weighted by atomic mass is 9.88. The molecule has 3 aromatic carbocycles. The molecule has 0 aliphatic carbocycles. The number of benzene rings is 3. The Bertz CT molecular complexity index is 1600. The Kier molecular flexibility index (Phi) is 5.71. The van der Waals surface area contributed by atoms with Gasteiger partial charge in [0.25, 0.3) is 5.91 Å². The first kappa shape index (κ1) is 23.5. The Balaban J connectivity index is 1.45. The fraction of sp³-hybridized carbons (Fsp3) is 0.214. The summed E-state index contributed by atoms with van der Waals surface area (Å²) in [5.74, 6) is 1.28. The molecular formula is C28H23NO9. The van der Waals surface area contributed by atoms with E-state index in [1.165, 1.54) is 21.3 Å². The van der Waals surface area contributed by atoms with Gasteiger partial charge in [0.15, 0.2) is 29.1 Å². The molecule has 1 aromatic heterocycles. The van der Waals surface area contributed by atoms with Gasteiger partial charge in [-0.25, -0.2) is 4.79 Å². The summed E-state index contributed by atoms with van der Waals surface area (Å²) >= 11 is 0. The summed E-state index contributed by atoms with van der Waals surface area (Å²) in [6.07, 6.45) is -1.10. The monoisotopic (exact) mass is 517 g/mol. The van der Waals surface area contributed by atoms with Gasteiger partial charge >= 0.3 is 5.63 Å². The van der Waals surface area contributed by atoms with Gasteiger partial charge in [0.1, 0.15) is 11.3 Å². The fourth-order valence-electron chi connectivity index (χ4n) is 4.90. The first-order chi connectivity index (χ1) is 18.5. The maximum Gasteiger partial charge on any atom is 0.344 e. The van der Waals surface area contributed by atoms with Crippen LogP contribution in [0, 0.1) is 0 Å². The molecule has 0 saturated heterocycles. The molecule has 0 unspecified atom stereocenters. The maximum atomic E-state index is 13.8. The van der Waals surface area contributed by atoms with Crippen molar-refractivity contribution in [1.82, 2.24) is 0 Å². The number of fused-ring (bicyclic) bond motifs is 4. The van der Waals surface area contributed by atoms with Crippen molar-refractivity contribution in [3.63, 3.8) is 0 Å². The SMILES string of the molecule is COc1cc(NC(=O)[C@H]2Oc3c(c(=O)oc4ccccc34)[C@@H]2c2ccc3c(c2)OCO3)cc(OC)c1OC. The third-order valence-electron chi connectivity index (χ3n) is 6.60. The second-order valence-corrected chi connectivity index (χ2v) is 8.66. The third kappa shape index (κ3) is 3.73. The second-order valence-electron chi connectivity index (χ2n) is 8.66. The van der Waals surface area contributed by atoms with E-state index >= 15 is 0 Å². The van der Waals surface area contributed by atoms with Crippen LogP contribution in [0.5, 0.6) is 34.5 Å². The zero-order valence-corrected chi connectivity index (χ0v) is 20.7. The number of anilines is 1. The predicted molar refractivity (Wildman–Crippen MR) is 136 cm³/mol. The van der Waals surface area contributed by atoms with Crippen LogP contribution < -0.4 is 39.4 Å². The number of methoxy groups -OCH3 is 3. The van der Waals surface area contributed by atoms with Crippen LogP contribution in [0.25, 0.3) is 11.0 Å². The summed E-state index contributed by atoms with van der Waals surface area (Å²) in [7, 11) is 4.47. The van der Waals surface area contributed by atoms with Gasteiger partial charge in [-0.3, -0.25) is 4.79 Å². The number of carbonyl (C=O) groups is 1. The molecule has 0 radical (unpaired) electrons.